The van der Waals surface area contributed by atoms with E-state index in [0.29, 0.717) is 11.7 Å². The second-order valence-electron chi connectivity index (χ2n) is 6.83. The smallest absolute Gasteiger partial charge is 0.162 e. The van der Waals surface area contributed by atoms with Crippen molar-refractivity contribution in [1.82, 2.24) is 14.7 Å². The van der Waals surface area contributed by atoms with Crippen LogP contribution in [0.3, 0.4) is 0 Å². The van der Waals surface area contributed by atoms with Crippen LogP contribution in [0, 0.1) is 5.92 Å². The molecule has 1 aliphatic heterocycles. The summed E-state index contributed by atoms with van der Waals surface area (Å²) in [6, 6.07) is 0.210. The van der Waals surface area contributed by atoms with E-state index < -0.39 is 5.60 Å². The lowest BCUT2D eigenvalue weighted by molar-refractivity contribution is -0.0368. The minimum Gasteiger partial charge on any atom is -0.493 e. The number of aliphatic hydroxyl groups is 1. The molecule has 1 aliphatic rings. The summed E-state index contributed by atoms with van der Waals surface area (Å²) in [5.74, 6) is 1.36. The summed E-state index contributed by atoms with van der Waals surface area (Å²) in [6.07, 6.45) is 3.18. The molecule has 1 fully saturated rings. The summed E-state index contributed by atoms with van der Waals surface area (Å²) in [6.45, 7) is 11.6. The van der Waals surface area contributed by atoms with Crippen molar-refractivity contribution < 1.29 is 9.84 Å². The summed E-state index contributed by atoms with van der Waals surface area (Å²) in [7, 11) is 1.64. The highest BCUT2D eigenvalue weighted by Crippen LogP contribution is 2.39. The third-order valence-electron chi connectivity index (χ3n) is 4.22. The Labute approximate surface area is 127 Å². The van der Waals surface area contributed by atoms with E-state index in [0.717, 1.165) is 38.2 Å². The number of methoxy groups -OCH3 is 1. The SMILES string of the molecule is COc1cnn(C(C)C)c1C1(O)CCN(CC(C)C)CC1. The van der Waals surface area contributed by atoms with Gasteiger partial charge in [-0.3, -0.25) is 4.68 Å². The number of piperidine rings is 1. The fourth-order valence-corrected chi connectivity index (χ4v) is 3.19. The summed E-state index contributed by atoms with van der Waals surface area (Å²) in [5.41, 5.74) is 0.00348. The van der Waals surface area contributed by atoms with Gasteiger partial charge in [-0.25, -0.2) is 0 Å². The van der Waals surface area contributed by atoms with E-state index in [4.69, 9.17) is 4.74 Å². The topological polar surface area (TPSA) is 50.5 Å². The maximum atomic E-state index is 11.2. The van der Waals surface area contributed by atoms with Gasteiger partial charge in [0, 0.05) is 25.7 Å². The van der Waals surface area contributed by atoms with Crippen molar-refractivity contribution in [3.8, 4) is 5.75 Å². The van der Waals surface area contributed by atoms with Crippen LogP contribution in [0.5, 0.6) is 5.75 Å². The van der Waals surface area contributed by atoms with E-state index in [1.807, 2.05) is 4.68 Å². The van der Waals surface area contributed by atoms with Crippen LogP contribution >= 0.6 is 0 Å². The number of nitrogens with zero attached hydrogens (tertiary/aromatic N) is 3. The number of aromatic nitrogens is 2. The van der Waals surface area contributed by atoms with Gasteiger partial charge in [0.15, 0.2) is 5.75 Å². The van der Waals surface area contributed by atoms with Crippen molar-refractivity contribution in [2.75, 3.05) is 26.7 Å². The molecule has 1 saturated heterocycles. The number of likely N-dealkylation sites (tertiary alicyclic amines) is 1. The number of hydrogen-bond donors (Lipinski definition) is 1. The Hall–Kier alpha value is -1.07. The van der Waals surface area contributed by atoms with Crippen LogP contribution < -0.4 is 4.74 Å². The molecule has 0 aromatic carbocycles. The first kappa shape index (κ1) is 16.3. The molecule has 1 N–H and O–H groups in total. The highest BCUT2D eigenvalue weighted by atomic mass is 16.5. The van der Waals surface area contributed by atoms with Crippen LogP contribution in [0.15, 0.2) is 6.20 Å². The van der Waals surface area contributed by atoms with Crippen molar-refractivity contribution in [1.29, 1.82) is 0 Å². The standard InChI is InChI=1S/C16H29N3O2/c1-12(2)11-18-8-6-16(20,7-9-18)15-14(21-5)10-17-19(15)13(3)4/h10,12-13,20H,6-9,11H2,1-5H3. The molecule has 5 heteroatoms. The normalized spacial score (nSPS) is 19.4. The number of rotatable bonds is 5. The van der Waals surface area contributed by atoms with Gasteiger partial charge in [0.1, 0.15) is 11.3 Å². The lowest BCUT2D eigenvalue weighted by Crippen LogP contribution is -2.45. The third-order valence-corrected chi connectivity index (χ3v) is 4.22. The Kier molecular flexibility index (Phi) is 4.94. The lowest BCUT2D eigenvalue weighted by Gasteiger charge is -2.39. The minimum absolute atomic E-state index is 0.210. The molecule has 0 saturated carbocycles. The van der Waals surface area contributed by atoms with Crippen molar-refractivity contribution in [3.63, 3.8) is 0 Å². The van der Waals surface area contributed by atoms with Gasteiger partial charge in [-0.1, -0.05) is 13.8 Å². The molecule has 2 heterocycles. The molecule has 0 atom stereocenters. The summed E-state index contributed by atoms with van der Waals surface area (Å²) in [4.78, 5) is 2.43. The Morgan fingerprint density at radius 1 is 1.29 bits per heavy atom. The van der Waals surface area contributed by atoms with E-state index in [-0.39, 0.29) is 6.04 Å². The average Bonchev–Trinajstić information content (AvgIpc) is 2.86. The van der Waals surface area contributed by atoms with Gasteiger partial charge in [-0.05, 0) is 32.6 Å². The molecule has 1 aromatic heterocycles. The van der Waals surface area contributed by atoms with Crippen LogP contribution in [-0.4, -0.2) is 46.5 Å². The van der Waals surface area contributed by atoms with Crippen molar-refractivity contribution >= 4 is 0 Å². The summed E-state index contributed by atoms with van der Waals surface area (Å²) < 4.78 is 7.33. The van der Waals surface area contributed by atoms with E-state index in [1.54, 1.807) is 13.3 Å². The number of hydrogen-bond acceptors (Lipinski definition) is 4. The van der Waals surface area contributed by atoms with E-state index in [9.17, 15) is 5.11 Å². The average molecular weight is 295 g/mol. The van der Waals surface area contributed by atoms with Gasteiger partial charge in [0.2, 0.25) is 0 Å². The highest BCUT2D eigenvalue weighted by Gasteiger charge is 2.39. The Morgan fingerprint density at radius 3 is 2.38 bits per heavy atom. The molecule has 0 amide bonds. The van der Waals surface area contributed by atoms with Crippen molar-refractivity contribution in [3.05, 3.63) is 11.9 Å². The van der Waals surface area contributed by atoms with Gasteiger partial charge in [-0.2, -0.15) is 5.10 Å². The quantitative estimate of drug-likeness (QED) is 0.906. The van der Waals surface area contributed by atoms with Gasteiger partial charge >= 0.3 is 0 Å². The van der Waals surface area contributed by atoms with Crippen molar-refractivity contribution in [2.24, 2.45) is 5.92 Å². The molecule has 0 unspecified atom stereocenters. The van der Waals surface area contributed by atoms with Gasteiger partial charge < -0.3 is 14.7 Å². The zero-order chi connectivity index (χ0) is 15.6. The maximum absolute atomic E-state index is 11.2. The Balaban J connectivity index is 2.20. The zero-order valence-electron chi connectivity index (χ0n) is 14.0. The van der Waals surface area contributed by atoms with Crippen LogP contribution in [-0.2, 0) is 5.60 Å². The van der Waals surface area contributed by atoms with Crippen LogP contribution in [0.2, 0.25) is 0 Å². The first-order valence-corrected chi connectivity index (χ1v) is 7.94. The minimum atomic E-state index is -0.834. The van der Waals surface area contributed by atoms with Crippen LogP contribution in [0.4, 0.5) is 0 Å². The Bertz CT molecular complexity index is 460. The predicted octanol–water partition coefficient (Wildman–Crippen LogP) is 2.41. The zero-order valence-corrected chi connectivity index (χ0v) is 14.0. The van der Waals surface area contributed by atoms with Crippen molar-refractivity contribution in [2.45, 2.75) is 52.2 Å². The van der Waals surface area contributed by atoms with Gasteiger partial charge in [0.25, 0.3) is 0 Å². The first-order chi connectivity index (χ1) is 9.87. The molecular weight excluding hydrogens is 266 g/mol. The first-order valence-electron chi connectivity index (χ1n) is 7.94. The molecule has 21 heavy (non-hydrogen) atoms. The molecule has 0 radical (unpaired) electrons. The molecule has 1 aromatic rings. The van der Waals surface area contributed by atoms with Crippen LogP contribution in [0.25, 0.3) is 0 Å². The van der Waals surface area contributed by atoms with E-state index in [2.05, 4.69) is 37.7 Å². The van der Waals surface area contributed by atoms with Crippen LogP contribution in [0.1, 0.15) is 52.3 Å². The third kappa shape index (κ3) is 3.40. The number of ether oxygens (including phenoxy) is 1. The maximum Gasteiger partial charge on any atom is 0.162 e. The molecule has 5 nitrogen and oxygen atoms in total. The molecule has 0 aliphatic carbocycles. The Morgan fingerprint density at radius 2 is 1.90 bits per heavy atom. The van der Waals surface area contributed by atoms with E-state index >= 15 is 0 Å². The van der Waals surface area contributed by atoms with Gasteiger partial charge in [-0.15, -0.1) is 0 Å². The molecular formula is C16H29N3O2. The second kappa shape index (κ2) is 6.36. The molecule has 0 bridgehead atoms. The molecule has 2 rings (SSSR count). The summed E-state index contributed by atoms with van der Waals surface area (Å²) in [5, 5.41) is 15.5. The lowest BCUT2D eigenvalue weighted by atomic mass is 9.87. The monoisotopic (exact) mass is 295 g/mol. The van der Waals surface area contributed by atoms with E-state index in [1.165, 1.54) is 0 Å². The fourth-order valence-electron chi connectivity index (χ4n) is 3.19. The highest BCUT2D eigenvalue weighted by molar-refractivity contribution is 5.31. The molecule has 120 valence electrons. The largest absolute Gasteiger partial charge is 0.493 e. The fraction of sp³-hybridized carbons (Fsp3) is 0.812. The molecule has 0 spiro atoms. The second-order valence-corrected chi connectivity index (χ2v) is 6.83. The summed E-state index contributed by atoms with van der Waals surface area (Å²) >= 11 is 0. The van der Waals surface area contributed by atoms with Gasteiger partial charge in [0.05, 0.1) is 13.3 Å². The predicted molar refractivity (Wildman–Crippen MR) is 83.6 cm³/mol.